The van der Waals surface area contributed by atoms with Crippen molar-refractivity contribution in [2.24, 2.45) is 4.99 Å². The van der Waals surface area contributed by atoms with Crippen LogP contribution in [0.2, 0.25) is 0 Å². The van der Waals surface area contributed by atoms with Gasteiger partial charge in [0.2, 0.25) is 0 Å². The number of aliphatic imine (C=N–C) groups is 1. The number of hydrogen-bond acceptors (Lipinski definition) is 5. The standard InChI is InChI=1S/C18H30N4O3S.HI/c1-3-19-18(20-9-14-25-15-16-26(2,23)24)22-12-10-21(11-13-22)17-7-5-4-6-8-17;/h4-8H,3,9-16H2,1-2H3,(H,19,20);1H. The second-order valence-electron chi connectivity index (χ2n) is 6.29. The molecule has 0 amide bonds. The largest absolute Gasteiger partial charge is 0.378 e. The smallest absolute Gasteiger partial charge is 0.194 e. The number of guanidine groups is 1. The van der Waals surface area contributed by atoms with Crippen molar-refractivity contribution in [3.63, 3.8) is 0 Å². The highest BCUT2D eigenvalue weighted by Gasteiger charge is 2.19. The molecule has 1 N–H and O–H groups in total. The quantitative estimate of drug-likeness (QED) is 0.247. The van der Waals surface area contributed by atoms with Gasteiger partial charge in [0.25, 0.3) is 0 Å². The normalized spacial score (nSPS) is 15.4. The molecule has 1 heterocycles. The Morgan fingerprint density at radius 1 is 1.15 bits per heavy atom. The lowest BCUT2D eigenvalue weighted by Crippen LogP contribution is -2.52. The molecule has 1 aliphatic rings. The molecule has 0 spiro atoms. The molecule has 27 heavy (non-hydrogen) atoms. The van der Waals surface area contributed by atoms with Gasteiger partial charge in [0, 0.05) is 44.7 Å². The Hall–Kier alpha value is -1.07. The molecule has 1 saturated heterocycles. The minimum atomic E-state index is -2.97. The Morgan fingerprint density at radius 2 is 1.81 bits per heavy atom. The molecule has 154 valence electrons. The van der Waals surface area contributed by atoms with Crippen LogP contribution in [0.15, 0.2) is 35.3 Å². The highest BCUT2D eigenvalue weighted by molar-refractivity contribution is 14.0. The van der Waals surface area contributed by atoms with E-state index < -0.39 is 9.84 Å². The number of ether oxygens (including phenoxy) is 1. The van der Waals surface area contributed by atoms with E-state index in [0.717, 1.165) is 38.7 Å². The fourth-order valence-electron chi connectivity index (χ4n) is 2.77. The zero-order valence-electron chi connectivity index (χ0n) is 16.1. The summed E-state index contributed by atoms with van der Waals surface area (Å²) in [4.78, 5) is 9.25. The van der Waals surface area contributed by atoms with Gasteiger partial charge >= 0.3 is 0 Å². The van der Waals surface area contributed by atoms with Crippen molar-refractivity contribution in [1.82, 2.24) is 10.2 Å². The molecule has 1 aliphatic heterocycles. The zero-order valence-corrected chi connectivity index (χ0v) is 19.3. The first-order valence-corrected chi connectivity index (χ1v) is 11.1. The predicted octanol–water partition coefficient (Wildman–Crippen LogP) is 1.45. The Balaban J connectivity index is 0.00000364. The average molecular weight is 510 g/mol. The summed E-state index contributed by atoms with van der Waals surface area (Å²) < 4.78 is 27.5. The fourth-order valence-corrected chi connectivity index (χ4v) is 3.19. The van der Waals surface area contributed by atoms with E-state index in [1.165, 1.54) is 11.9 Å². The van der Waals surface area contributed by atoms with E-state index in [0.29, 0.717) is 13.2 Å². The number of halogens is 1. The van der Waals surface area contributed by atoms with Crippen LogP contribution >= 0.6 is 24.0 Å². The first-order chi connectivity index (χ1) is 12.5. The highest BCUT2D eigenvalue weighted by Crippen LogP contribution is 2.15. The van der Waals surface area contributed by atoms with Crippen molar-refractivity contribution in [3.05, 3.63) is 30.3 Å². The third-order valence-corrected chi connectivity index (χ3v) is 5.04. The van der Waals surface area contributed by atoms with Crippen LogP contribution in [0.25, 0.3) is 0 Å². The molecule has 0 bridgehead atoms. The van der Waals surface area contributed by atoms with Crippen LogP contribution in [0.3, 0.4) is 0 Å². The van der Waals surface area contributed by atoms with Crippen molar-refractivity contribution in [2.75, 3.05) is 69.4 Å². The van der Waals surface area contributed by atoms with E-state index in [-0.39, 0.29) is 36.3 Å². The molecule has 7 nitrogen and oxygen atoms in total. The SMILES string of the molecule is CCNC(=NCCOCCS(C)(=O)=O)N1CCN(c2ccccc2)CC1.I. The van der Waals surface area contributed by atoms with Crippen LogP contribution in [-0.4, -0.2) is 83.8 Å². The van der Waals surface area contributed by atoms with Crippen LogP contribution in [0.4, 0.5) is 5.69 Å². The van der Waals surface area contributed by atoms with E-state index >= 15 is 0 Å². The maximum absolute atomic E-state index is 11.1. The van der Waals surface area contributed by atoms with Crippen molar-refractivity contribution in [3.8, 4) is 0 Å². The molecule has 0 aromatic heterocycles. The van der Waals surface area contributed by atoms with Crippen LogP contribution in [0, 0.1) is 0 Å². The lowest BCUT2D eigenvalue weighted by Gasteiger charge is -2.37. The van der Waals surface area contributed by atoms with Crippen molar-refractivity contribution < 1.29 is 13.2 Å². The monoisotopic (exact) mass is 510 g/mol. The summed E-state index contributed by atoms with van der Waals surface area (Å²) in [7, 11) is -2.97. The van der Waals surface area contributed by atoms with E-state index in [9.17, 15) is 8.42 Å². The highest BCUT2D eigenvalue weighted by atomic mass is 127. The Labute approximate surface area is 180 Å². The molecule has 0 radical (unpaired) electrons. The van der Waals surface area contributed by atoms with Gasteiger partial charge < -0.3 is 19.9 Å². The Kier molecular flexibility index (Phi) is 11.0. The summed E-state index contributed by atoms with van der Waals surface area (Å²) >= 11 is 0. The Morgan fingerprint density at radius 3 is 2.41 bits per heavy atom. The van der Waals surface area contributed by atoms with Crippen molar-refractivity contribution >= 4 is 45.5 Å². The molecule has 0 aliphatic carbocycles. The number of sulfone groups is 1. The molecule has 1 aromatic carbocycles. The molecule has 1 fully saturated rings. The van der Waals surface area contributed by atoms with E-state index in [2.05, 4.69) is 51.3 Å². The molecule has 2 rings (SSSR count). The third-order valence-electron chi connectivity index (χ3n) is 4.13. The fraction of sp³-hybridized carbons (Fsp3) is 0.611. The van der Waals surface area contributed by atoms with Gasteiger partial charge in [-0.2, -0.15) is 0 Å². The lowest BCUT2D eigenvalue weighted by molar-refractivity contribution is 0.157. The summed E-state index contributed by atoms with van der Waals surface area (Å²) in [6, 6.07) is 10.5. The zero-order chi connectivity index (χ0) is 18.8. The maximum Gasteiger partial charge on any atom is 0.194 e. The van der Waals surface area contributed by atoms with E-state index in [4.69, 9.17) is 4.74 Å². The van der Waals surface area contributed by atoms with Crippen molar-refractivity contribution in [2.45, 2.75) is 6.92 Å². The van der Waals surface area contributed by atoms with Gasteiger partial charge in [0.1, 0.15) is 9.84 Å². The number of nitrogens with zero attached hydrogens (tertiary/aromatic N) is 3. The topological polar surface area (TPSA) is 74.2 Å². The summed E-state index contributed by atoms with van der Waals surface area (Å²) in [6.07, 6.45) is 1.22. The molecular weight excluding hydrogens is 479 g/mol. The molecule has 9 heteroatoms. The second kappa shape index (κ2) is 12.4. The van der Waals surface area contributed by atoms with E-state index in [1.54, 1.807) is 0 Å². The van der Waals surface area contributed by atoms with Gasteiger partial charge in [-0.15, -0.1) is 24.0 Å². The minimum absolute atomic E-state index is 0. The van der Waals surface area contributed by atoms with Crippen LogP contribution in [0.1, 0.15) is 6.92 Å². The molecule has 1 aromatic rings. The number of para-hydroxylation sites is 1. The van der Waals surface area contributed by atoms with Crippen molar-refractivity contribution in [1.29, 1.82) is 0 Å². The summed E-state index contributed by atoms with van der Waals surface area (Å²) in [5.74, 6) is 0.949. The summed E-state index contributed by atoms with van der Waals surface area (Å²) in [6.45, 7) is 7.77. The first kappa shape index (κ1) is 24.0. The molecular formula is C18H31IN4O3S. The molecule has 0 unspecified atom stereocenters. The lowest BCUT2D eigenvalue weighted by atomic mass is 10.2. The number of benzene rings is 1. The predicted molar refractivity (Wildman–Crippen MR) is 122 cm³/mol. The van der Waals surface area contributed by atoms with E-state index in [1.807, 2.05) is 6.07 Å². The average Bonchev–Trinajstić information content (AvgIpc) is 2.64. The number of rotatable bonds is 8. The van der Waals surface area contributed by atoms with Crippen LogP contribution < -0.4 is 10.2 Å². The number of anilines is 1. The van der Waals surface area contributed by atoms with Gasteiger partial charge in [0.15, 0.2) is 5.96 Å². The van der Waals surface area contributed by atoms with Crippen LogP contribution in [0.5, 0.6) is 0 Å². The van der Waals surface area contributed by atoms with Crippen LogP contribution in [-0.2, 0) is 14.6 Å². The maximum atomic E-state index is 11.1. The number of piperazine rings is 1. The van der Waals surface area contributed by atoms with Gasteiger partial charge in [-0.3, -0.25) is 4.99 Å². The second-order valence-corrected chi connectivity index (χ2v) is 8.55. The minimum Gasteiger partial charge on any atom is -0.378 e. The van der Waals surface area contributed by atoms with Gasteiger partial charge in [-0.25, -0.2) is 8.42 Å². The van der Waals surface area contributed by atoms with Gasteiger partial charge in [0.05, 0.1) is 25.5 Å². The molecule has 0 saturated carbocycles. The third kappa shape index (κ3) is 9.11. The number of hydrogen-bond donors (Lipinski definition) is 1. The summed E-state index contributed by atoms with van der Waals surface area (Å²) in [5.41, 5.74) is 1.26. The molecule has 0 atom stereocenters. The first-order valence-electron chi connectivity index (χ1n) is 9.08. The van der Waals surface area contributed by atoms with Gasteiger partial charge in [-0.1, -0.05) is 18.2 Å². The number of nitrogens with one attached hydrogen (secondary N) is 1. The van der Waals surface area contributed by atoms with Gasteiger partial charge in [-0.05, 0) is 19.1 Å². The summed E-state index contributed by atoms with van der Waals surface area (Å²) in [5, 5.41) is 3.33. The Bertz CT molecular complexity index is 662.